The zero-order chi connectivity index (χ0) is 24.8. The number of piperidine rings is 1. The summed E-state index contributed by atoms with van der Waals surface area (Å²) in [5.41, 5.74) is 1.70. The molecule has 1 fully saturated rings. The van der Waals surface area contributed by atoms with Crippen molar-refractivity contribution in [2.75, 3.05) is 39.2 Å². The van der Waals surface area contributed by atoms with Gasteiger partial charge in [0.25, 0.3) is 0 Å². The number of carbonyl (C=O) groups is 1. The van der Waals surface area contributed by atoms with Crippen LogP contribution in [0.5, 0.6) is 11.5 Å². The van der Waals surface area contributed by atoms with Crippen molar-refractivity contribution in [3.8, 4) is 11.5 Å². The fourth-order valence-electron chi connectivity index (χ4n) is 4.42. The Morgan fingerprint density at radius 1 is 1.17 bits per heavy atom. The van der Waals surface area contributed by atoms with Gasteiger partial charge in [0.15, 0.2) is 11.5 Å². The number of hydrogen-bond donors (Lipinski definition) is 1. The monoisotopic (exact) mass is 542 g/mol. The molecule has 1 saturated heterocycles. The van der Waals surface area contributed by atoms with Gasteiger partial charge in [-0.1, -0.05) is 22.0 Å². The summed E-state index contributed by atoms with van der Waals surface area (Å²) < 4.78 is 17.6. The SMILES string of the molecule is COC(=O)C(C)N1CCC(CCOc2cc3ncnc(Nc4cccc(Br)c4)c3cc2OC)CC1. The average Bonchev–Trinajstić information content (AvgIpc) is 2.88. The van der Waals surface area contributed by atoms with Crippen LogP contribution >= 0.6 is 15.9 Å². The van der Waals surface area contributed by atoms with Gasteiger partial charge in [-0.05, 0) is 69.5 Å². The molecule has 4 rings (SSSR count). The third-order valence-corrected chi connectivity index (χ3v) is 7.02. The first-order chi connectivity index (χ1) is 17.0. The van der Waals surface area contributed by atoms with Gasteiger partial charge in [-0.3, -0.25) is 9.69 Å². The van der Waals surface area contributed by atoms with E-state index in [1.807, 2.05) is 43.3 Å². The molecule has 8 nitrogen and oxygen atoms in total. The lowest BCUT2D eigenvalue weighted by molar-refractivity contribution is -0.146. The highest BCUT2D eigenvalue weighted by atomic mass is 79.9. The van der Waals surface area contributed by atoms with Crippen molar-refractivity contribution in [2.24, 2.45) is 5.92 Å². The Morgan fingerprint density at radius 2 is 1.97 bits per heavy atom. The number of halogens is 1. The first kappa shape index (κ1) is 25.2. The van der Waals surface area contributed by atoms with Crippen LogP contribution in [0.4, 0.5) is 11.5 Å². The van der Waals surface area contributed by atoms with Crippen molar-refractivity contribution in [3.63, 3.8) is 0 Å². The summed E-state index contributed by atoms with van der Waals surface area (Å²) in [7, 11) is 3.08. The molecule has 2 aromatic carbocycles. The molecule has 0 radical (unpaired) electrons. The number of hydrogen-bond acceptors (Lipinski definition) is 8. The highest BCUT2D eigenvalue weighted by Crippen LogP contribution is 2.35. The summed E-state index contributed by atoms with van der Waals surface area (Å²) in [5.74, 6) is 2.40. The normalized spacial score (nSPS) is 15.5. The summed E-state index contributed by atoms with van der Waals surface area (Å²) in [5, 5.41) is 4.21. The number of aromatic nitrogens is 2. The van der Waals surface area contributed by atoms with Gasteiger partial charge in [-0.25, -0.2) is 9.97 Å². The number of ether oxygens (including phenoxy) is 3. The van der Waals surface area contributed by atoms with Crippen LogP contribution in [0.15, 0.2) is 47.2 Å². The maximum Gasteiger partial charge on any atom is 0.322 e. The molecule has 35 heavy (non-hydrogen) atoms. The van der Waals surface area contributed by atoms with E-state index in [1.54, 1.807) is 13.4 Å². The number of fused-ring (bicyclic) bond motifs is 1. The Hall–Kier alpha value is -2.91. The number of carbonyl (C=O) groups excluding carboxylic acids is 1. The molecule has 186 valence electrons. The fraction of sp³-hybridized carbons (Fsp3) is 0.423. The zero-order valence-corrected chi connectivity index (χ0v) is 21.9. The second kappa shape index (κ2) is 11.7. The van der Waals surface area contributed by atoms with E-state index in [4.69, 9.17) is 14.2 Å². The van der Waals surface area contributed by atoms with Crippen LogP contribution in [0.1, 0.15) is 26.2 Å². The van der Waals surface area contributed by atoms with Crippen molar-refractivity contribution < 1.29 is 19.0 Å². The number of rotatable bonds is 9. The predicted octanol–water partition coefficient (Wildman–Crippen LogP) is 5.19. The largest absolute Gasteiger partial charge is 0.493 e. The number of esters is 1. The molecule has 9 heteroatoms. The van der Waals surface area contributed by atoms with Gasteiger partial charge in [0, 0.05) is 21.6 Å². The smallest absolute Gasteiger partial charge is 0.322 e. The number of nitrogens with one attached hydrogen (secondary N) is 1. The van der Waals surface area contributed by atoms with Crippen molar-refractivity contribution >= 4 is 44.3 Å². The average molecular weight is 543 g/mol. The van der Waals surface area contributed by atoms with Gasteiger partial charge >= 0.3 is 5.97 Å². The number of likely N-dealkylation sites (tertiary alicyclic amines) is 1. The second-order valence-electron chi connectivity index (χ2n) is 8.69. The summed E-state index contributed by atoms with van der Waals surface area (Å²) in [6.45, 7) is 4.29. The Kier molecular flexibility index (Phi) is 8.41. The third kappa shape index (κ3) is 6.21. The summed E-state index contributed by atoms with van der Waals surface area (Å²) in [6.07, 6.45) is 4.57. The van der Waals surface area contributed by atoms with Crippen LogP contribution in [0, 0.1) is 5.92 Å². The molecule has 0 spiro atoms. The molecular weight excluding hydrogens is 512 g/mol. The first-order valence-electron chi connectivity index (χ1n) is 11.8. The topological polar surface area (TPSA) is 85.8 Å². The molecule has 2 heterocycles. The molecule has 0 bridgehead atoms. The van der Waals surface area contributed by atoms with Gasteiger partial charge in [0.1, 0.15) is 18.2 Å². The number of nitrogens with zero attached hydrogens (tertiary/aromatic N) is 3. The minimum Gasteiger partial charge on any atom is -0.493 e. The lowest BCUT2D eigenvalue weighted by Gasteiger charge is -2.34. The van der Waals surface area contributed by atoms with Crippen LogP contribution in [-0.4, -0.2) is 60.8 Å². The second-order valence-corrected chi connectivity index (χ2v) is 9.61. The van der Waals surface area contributed by atoms with Crippen molar-refractivity contribution in [1.29, 1.82) is 0 Å². The predicted molar refractivity (Wildman–Crippen MR) is 139 cm³/mol. The summed E-state index contributed by atoms with van der Waals surface area (Å²) >= 11 is 3.50. The summed E-state index contributed by atoms with van der Waals surface area (Å²) in [6, 6.07) is 11.5. The zero-order valence-electron chi connectivity index (χ0n) is 20.3. The van der Waals surface area contributed by atoms with Gasteiger partial charge < -0.3 is 19.5 Å². The van der Waals surface area contributed by atoms with Crippen molar-refractivity contribution in [2.45, 2.75) is 32.2 Å². The van der Waals surface area contributed by atoms with Crippen molar-refractivity contribution in [3.05, 3.63) is 47.2 Å². The van der Waals surface area contributed by atoms with E-state index >= 15 is 0 Å². The molecule has 1 aliphatic heterocycles. The maximum absolute atomic E-state index is 11.8. The van der Waals surface area contributed by atoms with Crippen LogP contribution in [-0.2, 0) is 9.53 Å². The maximum atomic E-state index is 11.8. The van der Waals surface area contributed by atoms with Crippen LogP contribution in [0.3, 0.4) is 0 Å². The van der Waals surface area contributed by atoms with Crippen LogP contribution in [0.25, 0.3) is 10.9 Å². The van der Waals surface area contributed by atoms with Gasteiger partial charge in [-0.2, -0.15) is 0 Å². The number of methoxy groups -OCH3 is 2. The Labute approximate surface area is 214 Å². The van der Waals surface area contributed by atoms with Crippen LogP contribution < -0.4 is 14.8 Å². The molecule has 1 N–H and O–H groups in total. The van der Waals surface area contributed by atoms with Gasteiger partial charge in [0.2, 0.25) is 0 Å². The standard InChI is InChI=1S/C26H31BrN4O4/c1-17(26(32)34-3)31-10-7-18(8-11-31)9-12-35-24-15-22-21(14-23(24)33-2)25(29-16-28-22)30-20-6-4-5-19(27)13-20/h4-6,13-18H,7-12H2,1-3H3,(H,28,29,30). The molecule has 1 unspecified atom stereocenters. The Bertz CT molecular complexity index is 1170. The molecule has 1 aromatic heterocycles. The minimum absolute atomic E-state index is 0.172. The lowest BCUT2D eigenvalue weighted by Crippen LogP contribution is -2.44. The van der Waals surface area contributed by atoms with Crippen molar-refractivity contribution in [1.82, 2.24) is 14.9 Å². The van der Waals surface area contributed by atoms with E-state index in [2.05, 4.69) is 36.1 Å². The molecule has 3 aromatic rings. The van der Waals surface area contributed by atoms with E-state index in [0.29, 0.717) is 29.8 Å². The third-order valence-electron chi connectivity index (χ3n) is 6.53. The molecule has 0 saturated carbocycles. The van der Waals surface area contributed by atoms with Gasteiger partial charge in [-0.15, -0.1) is 0 Å². The molecule has 1 atom stereocenters. The quantitative estimate of drug-likeness (QED) is 0.370. The molecule has 0 aliphatic carbocycles. The summed E-state index contributed by atoms with van der Waals surface area (Å²) in [4.78, 5) is 22.8. The van der Waals surface area contributed by atoms with Gasteiger partial charge in [0.05, 0.1) is 26.3 Å². The number of benzene rings is 2. The Balaban J connectivity index is 1.39. The first-order valence-corrected chi connectivity index (χ1v) is 12.6. The molecule has 1 aliphatic rings. The molecular formula is C26H31BrN4O4. The van der Waals surface area contributed by atoms with Crippen LogP contribution in [0.2, 0.25) is 0 Å². The number of anilines is 2. The highest BCUT2D eigenvalue weighted by Gasteiger charge is 2.27. The fourth-order valence-corrected chi connectivity index (χ4v) is 4.82. The van der Waals surface area contributed by atoms with E-state index in [-0.39, 0.29) is 12.0 Å². The van der Waals surface area contributed by atoms with E-state index in [1.165, 1.54) is 7.11 Å². The van der Waals surface area contributed by atoms with E-state index < -0.39 is 0 Å². The molecule has 0 amide bonds. The lowest BCUT2D eigenvalue weighted by atomic mass is 9.93. The van der Waals surface area contributed by atoms with E-state index in [0.717, 1.165) is 53.4 Å². The highest BCUT2D eigenvalue weighted by molar-refractivity contribution is 9.10. The Morgan fingerprint density at radius 3 is 2.69 bits per heavy atom. The minimum atomic E-state index is -0.191. The van der Waals surface area contributed by atoms with E-state index in [9.17, 15) is 4.79 Å².